The SMILES string of the molecule is CC[C@@H](Oc1ccc(Cl)c(C)c1)C(=O)NCCCc1cccc(OC)c1. The number of aryl methyl sites for hydroxylation is 2. The van der Waals surface area contributed by atoms with E-state index >= 15 is 0 Å². The summed E-state index contributed by atoms with van der Waals surface area (Å²) in [5.74, 6) is 1.42. The lowest BCUT2D eigenvalue weighted by atomic mass is 10.1. The van der Waals surface area contributed by atoms with E-state index < -0.39 is 6.10 Å². The monoisotopic (exact) mass is 375 g/mol. The molecule has 2 aromatic carbocycles. The van der Waals surface area contributed by atoms with E-state index in [4.69, 9.17) is 21.1 Å². The Morgan fingerprint density at radius 2 is 2.00 bits per heavy atom. The summed E-state index contributed by atoms with van der Waals surface area (Å²) in [6.07, 6.45) is 1.83. The number of nitrogens with one attached hydrogen (secondary N) is 1. The van der Waals surface area contributed by atoms with Gasteiger partial charge in [-0.15, -0.1) is 0 Å². The fourth-order valence-corrected chi connectivity index (χ4v) is 2.74. The zero-order valence-corrected chi connectivity index (χ0v) is 16.3. The lowest BCUT2D eigenvalue weighted by molar-refractivity contribution is -0.128. The standard InChI is InChI=1S/C21H26ClNO3/c1-4-20(26-18-10-11-19(22)15(2)13-18)21(24)23-12-6-8-16-7-5-9-17(14-16)25-3/h5,7,9-11,13-14,20H,4,6,8,12H2,1-3H3,(H,23,24)/t20-/m1/s1. The minimum atomic E-state index is -0.507. The molecule has 0 heterocycles. The predicted molar refractivity (Wildman–Crippen MR) is 105 cm³/mol. The lowest BCUT2D eigenvalue weighted by Crippen LogP contribution is -2.38. The summed E-state index contributed by atoms with van der Waals surface area (Å²) < 4.78 is 11.0. The van der Waals surface area contributed by atoms with Crippen LogP contribution < -0.4 is 14.8 Å². The summed E-state index contributed by atoms with van der Waals surface area (Å²) in [7, 11) is 1.66. The van der Waals surface area contributed by atoms with Crippen molar-refractivity contribution in [1.29, 1.82) is 0 Å². The van der Waals surface area contributed by atoms with Crippen molar-refractivity contribution in [2.45, 2.75) is 39.2 Å². The number of rotatable bonds is 9. The fourth-order valence-electron chi connectivity index (χ4n) is 2.62. The molecule has 2 rings (SSSR count). The van der Waals surface area contributed by atoms with Gasteiger partial charge >= 0.3 is 0 Å². The highest BCUT2D eigenvalue weighted by molar-refractivity contribution is 6.31. The molecular formula is C21H26ClNO3. The van der Waals surface area contributed by atoms with E-state index in [2.05, 4.69) is 11.4 Å². The molecule has 0 unspecified atom stereocenters. The molecule has 140 valence electrons. The van der Waals surface area contributed by atoms with Crippen LogP contribution in [0.25, 0.3) is 0 Å². The molecule has 0 spiro atoms. The van der Waals surface area contributed by atoms with Crippen molar-refractivity contribution in [3.8, 4) is 11.5 Å². The van der Waals surface area contributed by atoms with Crippen LogP contribution in [0.1, 0.15) is 30.9 Å². The van der Waals surface area contributed by atoms with Gasteiger partial charge in [-0.2, -0.15) is 0 Å². The van der Waals surface area contributed by atoms with Crippen LogP contribution in [0.3, 0.4) is 0 Å². The Balaban J connectivity index is 1.80. The first-order valence-corrected chi connectivity index (χ1v) is 9.24. The van der Waals surface area contributed by atoms with Crippen LogP contribution in [0, 0.1) is 6.92 Å². The normalized spacial score (nSPS) is 11.7. The molecule has 0 radical (unpaired) electrons. The van der Waals surface area contributed by atoms with Gasteiger partial charge in [-0.1, -0.05) is 30.7 Å². The molecule has 4 nitrogen and oxygen atoms in total. The number of benzene rings is 2. The van der Waals surface area contributed by atoms with E-state index in [1.54, 1.807) is 19.2 Å². The number of amides is 1. The van der Waals surface area contributed by atoms with Crippen molar-refractivity contribution in [3.63, 3.8) is 0 Å². The summed E-state index contributed by atoms with van der Waals surface area (Å²) in [5.41, 5.74) is 2.12. The maximum atomic E-state index is 12.4. The van der Waals surface area contributed by atoms with Gasteiger partial charge in [-0.25, -0.2) is 0 Å². The topological polar surface area (TPSA) is 47.6 Å². The molecule has 26 heavy (non-hydrogen) atoms. The number of ether oxygens (including phenoxy) is 2. The van der Waals surface area contributed by atoms with Gasteiger partial charge in [-0.3, -0.25) is 4.79 Å². The number of hydrogen-bond acceptors (Lipinski definition) is 3. The van der Waals surface area contributed by atoms with Crippen LogP contribution >= 0.6 is 11.6 Å². The molecule has 1 atom stereocenters. The van der Waals surface area contributed by atoms with Gasteiger partial charge in [0, 0.05) is 11.6 Å². The quantitative estimate of drug-likeness (QED) is 0.653. The molecule has 5 heteroatoms. The Hall–Kier alpha value is -2.20. The van der Waals surface area contributed by atoms with E-state index in [-0.39, 0.29) is 5.91 Å². The van der Waals surface area contributed by atoms with E-state index in [1.807, 2.05) is 38.1 Å². The predicted octanol–water partition coefficient (Wildman–Crippen LogP) is 4.56. The Morgan fingerprint density at radius 1 is 1.19 bits per heavy atom. The molecule has 1 amide bonds. The fraction of sp³-hybridized carbons (Fsp3) is 0.381. The summed E-state index contributed by atoms with van der Waals surface area (Å²) in [5, 5.41) is 3.64. The second-order valence-corrected chi connectivity index (χ2v) is 6.58. The number of carbonyl (C=O) groups is 1. The number of halogens is 1. The molecule has 2 aromatic rings. The minimum Gasteiger partial charge on any atom is -0.497 e. The van der Waals surface area contributed by atoms with E-state index in [0.717, 1.165) is 24.2 Å². The summed E-state index contributed by atoms with van der Waals surface area (Å²) in [4.78, 5) is 12.4. The Morgan fingerprint density at radius 3 is 2.69 bits per heavy atom. The average Bonchev–Trinajstić information content (AvgIpc) is 2.66. The molecule has 1 N–H and O–H groups in total. The molecule has 0 aromatic heterocycles. The van der Waals surface area contributed by atoms with Gasteiger partial charge in [0.2, 0.25) is 0 Å². The third-order valence-corrected chi connectivity index (χ3v) is 4.57. The second-order valence-electron chi connectivity index (χ2n) is 6.17. The average molecular weight is 376 g/mol. The second kappa shape index (κ2) is 10.1. The van der Waals surface area contributed by atoms with Gasteiger partial charge in [0.05, 0.1) is 7.11 Å². The number of hydrogen-bond donors (Lipinski definition) is 1. The largest absolute Gasteiger partial charge is 0.497 e. The molecule has 0 fully saturated rings. The van der Waals surface area contributed by atoms with Crippen LogP contribution in [0.5, 0.6) is 11.5 Å². The van der Waals surface area contributed by atoms with E-state index in [1.165, 1.54) is 5.56 Å². The molecule has 0 bridgehead atoms. The van der Waals surface area contributed by atoms with Crippen LogP contribution in [-0.4, -0.2) is 25.7 Å². The molecule has 0 saturated heterocycles. The van der Waals surface area contributed by atoms with E-state index in [9.17, 15) is 4.79 Å². The molecule has 0 aliphatic carbocycles. The zero-order chi connectivity index (χ0) is 18.9. The van der Waals surface area contributed by atoms with Gasteiger partial charge in [0.1, 0.15) is 11.5 Å². The van der Waals surface area contributed by atoms with Crippen molar-refractivity contribution >= 4 is 17.5 Å². The third kappa shape index (κ3) is 5.95. The van der Waals surface area contributed by atoms with E-state index in [0.29, 0.717) is 23.7 Å². The lowest BCUT2D eigenvalue weighted by Gasteiger charge is -2.18. The van der Waals surface area contributed by atoms with Gasteiger partial charge in [-0.05, 0) is 67.6 Å². The minimum absolute atomic E-state index is 0.0919. The Kier molecular flexibility index (Phi) is 7.79. The zero-order valence-electron chi connectivity index (χ0n) is 15.5. The van der Waals surface area contributed by atoms with Crippen LogP contribution in [0.15, 0.2) is 42.5 Å². The van der Waals surface area contributed by atoms with Crippen LogP contribution in [0.4, 0.5) is 0 Å². The summed E-state index contributed by atoms with van der Waals surface area (Å²) >= 11 is 6.02. The number of carbonyl (C=O) groups excluding carboxylic acids is 1. The molecule has 0 aliphatic heterocycles. The first-order chi connectivity index (χ1) is 12.5. The Bertz CT molecular complexity index is 733. The van der Waals surface area contributed by atoms with Crippen molar-refractivity contribution in [3.05, 3.63) is 58.6 Å². The van der Waals surface area contributed by atoms with Gasteiger partial charge in [0.25, 0.3) is 5.91 Å². The third-order valence-electron chi connectivity index (χ3n) is 4.15. The number of methoxy groups -OCH3 is 1. The van der Waals surface area contributed by atoms with Crippen molar-refractivity contribution in [2.24, 2.45) is 0 Å². The summed E-state index contributed by atoms with van der Waals surface area (Å²) in [6, 6.07) is 13.4. The first-order valence-electron chi connectivity index (χ1n) is 8.87. The smallest absolute Gasteiger partial charge is 0.261 e. The molecular weight excluding hydrogens is 350 g/mol. The van der Waals surface area contributed by atoms with Gasteiger partial charge in [0.15, 0.2) is 6.10 Å². The molecule has 0 saturated carbocycles. The molecule has 0 aliphatic rings. The maximum Gasteiger partial charge on any atom is 0.261 e. The van der Waals surface area contributed by atoms with Crippen molar-refractivity contribution < 1.29 is 14.3 Å². The van der Waals surface area contributed by atoms with Crippen LogP contribution in [0.2, 0.25) is 5.02 Å². The first kappa shape index (κ1) is 20.1. The van der Waals surface area contributed by atoms with Crippen LogP contribution in [-0.2, 0) is 11.2 Å². The highest BCUT2D eigenvalue weighted by Gasteiger charge is 2.18. The summed E-state index contributed by atoms with van der Waals surface area (Å²) in [6.45, 7) is 4.45. The highest BCUT2D eigenvalue weighted by Crippen LogP contribution is 2.22. The maximum absolute atomic E-state index is 12.4. The highest BCUT2D eigenvalue weighted by atomic mass is 35.5. The van der Waals surface area contributed by atoms with Crippen molar-refractivity contribution in [1.82, 2.24) is 5.32 Å². The van der Waals surface area contributed by atoms with Gasteiger partial charge < -0.3 is 14.8 Å². The van der Waals surface area contributed by atoms with Crippen molar-refractivity contribution in [2.75, 3.05) is 13.7 Å². The Labute approximate surface area is 160 Å².